The van der Waals surface area contributed by atoms with E-state index in [-0.39, 0.29) is 46.8 Å². The Kier molecular flexibility index (Phi) is 5.98. The molecule has 9 nitrogen and oxygen atoms in total. The Morgan fingerprint density at radius 2 is 1.81 bits per heavy atom. The molecule has 2 aliphatic heterocycles. The number of amides is 4. The third kappa shape index (κ3) is 4.23. The Morgan fingerprint density at radius 3 is 2.47 bits per heavy atom. The third-order valence-corrected chi connectivity index (χ3v) is 5.68. The van der Waals surface area contributed by atoms with E-state index in [0.29, 0.717) is 43.6 Å². The number of piperidine rings is 1. The number of carbonyl (C=O) groups excluding carboxylic acids is 4. The van der Waals surface area contributed by atoms with Gasteiger partial charge in [-0.15, -0.1) is 0 Å². The van der Waals surface area contributed by atoms with Gasteiger partial charge in [0.2, 0.25) is 0 Å². The van der Waals surface area contributed by atoms with Gasteiger partial charge in [-0.25, -0.2) is 4.98 Å². The number of nitrogens with zero attached hydrogens (tertiary/aromatic N) is 4. The monoisotopic (exact) mass is 435 g/mol. The maximum Gasteiger partial charge on any atom is 0.271 e. The van der Waals surface area contributed by atoms with Gasteiger partial charge in [0, 0.05) is 43.6 Å². The van der Waals surface area contributed by atoms with E-state index >= 15 is 0 Å². The average molecular weight is 435 g/mol. The standard InChI is InChI=1S/C23H25N5O4/c1-14(2)13-28-22(31)17-4-3-15(11-18(17)23(28)32)21(30)27-9-5-16(6-10-27)26-20(29)19-12-24-7-8-25-19/h3-4,7-8,11-12,14,16H,5-6,9-10,13H2,1-2H3,(H,26,29). The van der Waals surface area contributed by atoms with Gasteiger partial charge in [0.15, 0.2) is 0 Å². The molecule has 166 valence electrons. The fraction of sp³-hybridized carbons (Fsp3) is 0.391. The number of benzene rings is 1. The quantitative estimate of drug-likeness (QED) is 0.716. The molecular formula is C23H25N5O4. The van der Waals surface area contributed by atoms with Crippen LogP contribution in [0.5, 0.6) is 0 Å². The highest BCUT2D eigenvalue weighted by Crippen LogP contribution is 2.26. The molecule has 1 aromatic carbocycles. The summed E-state index contributed by atoms with van der Waals surface area (Å²) in [5, 5.41) is 2.93. The summed E-state index contributed by atoms with van der Waals surface area (Å²) in [5.74, 6) is -0.963. The van der Waals surface area contributed by atoms with Crippen molar-refractivity contribution in [2.24, 2.45) is 5.92 Å². The van der Waals surface area contributed by atoms with Crippen molar-refractivity contribution in [1.29, 1.82) is 0 Å². The molecule has 0 aliphatic carbocycles. The topological polar surface area (TPSA) is 113 Å². The van der Waals surface area contributed by atoms with Crippen molar-refractivity contribution in [2.45, 2.75) is 32.7 Å². The SMILES string of the molecule is CC(C)CN1C(=O)c2ccc(C(=O)N3CCC(NC(=O)c4cnccn4)CC3)cc2C1=O. The Bertz CT molecular complexity index is 1060. The lowest BCUT2D eigenvalue weighted by Crippen LogP contribution is -2.46. The van der Waals surface area contributed by atoms with Crippen LogP contribution in [0, 0.1) is 5.92 Å². The lowest BCUT2D eigenvalue weighted by molar-refractivity contribution is 0.0634. The van der Waals surface area contributed by atoms with Gasteiger partial charge in [0.1, 0.15) is 5.69 Å². The van der Waals surface area contributed by atoms with Crippen molar-refractivity contribution >= 4 is 23.6 Å². The fourth-order valence-corrected chi connectivity index (χ4v) is 4.04. The van der Waals surface area contributed by atoms with Crippen molar-refractivity contribution in [3.05, 3.63) is 59.2 Å². The van der Waals surface area contributed by atoms with Gasteiger partial charge in [-0.1, -0.05) is 13.8 Å². The first-order valence-corrected chi connectivity index (χ1v) is 10.7. The third-order valence-electron chi connectivity index (χ3n) is 5.68. The van der Waals surface area contributed by atoms with E-state index in [0.717, 1.165) is 0 Å². The van der Waals surface area contributed by atoms with Gasteiger partial charge in [-0.05, 0) is 37.0 Å². The molecule has 9 heteroatoms. The number of rotatable bonds is 5. The fourth-order valence-electron chi connectivity index (χ4n) is 4.04. The lowest BCUT2D eigenvalue weighted by atomic mass is 10.0. The molecule has 1 N–H and O–H groups in total. The molecule has 0 bridgehead atoms. The predicted molar refractivity (Wildman–Crippen MR) is 115 cm³/mol. The molecular weight excluding hydrogens is 410 g/mol. The van der Waals surface area contributed by atoms with Crippen molar-refractivity contribution in [2.75, 3.05) is 19.6 Å². The zero-order valence-electron chi connectivity index (χ0n) is 18.1. The number of likely N-dealkylation sites (tertiary alicyclic amines) is 1. The molecule has 32 heavy (non-hydrogen) atoms. The molecule has 0 radical (unpaired) electrons. The van der Waals surface area contributed by atoms with Gasteiger partial charge < -0.3 is 10.2 Å². The van der Waals surface area contributed by atoms with Crippen LogP contribution in [0.4, 0.5) is 0 Å². The summed E-state index contributed by atoms with van der Waals surface area (Å²) in [6.07, 6.45) is 5.61. The minimum absolute atomic E-state index is 0.0580. The molecule has 4 amide bonds. The second kappa shape index (κ2) is 8.86. The Hall–Kier alpha value is -3.62. The van der Waals surface area contributed by atoms with Crippen molar-refractivity contribution < 1.29 is 19.2 Å². The summed E-state index contributed by atoms with van der Waals surface area (Å²) < 4.78 is 0. The van der Waals surface area contributed by atoms with Crippen molar-refractivity contribution in [1.82, 2.24) is 25.1 Å². The Labute approximate surface area is 185 Å². The highest BCUT2D eigenvalue weighted by molar-refractivity contribution is 6.22. The molecule has 2 aliphatic rings. The van der Waals surface area contributed by atoms with Crippen molar-refractivity contribution in [3.63, 3.8) is 0 Å². The number of imide groups is 1. The summed E-state index contributed by atoms with van der Waals surface area (Å²) in [7, 11) is 0. The summed E-state index contributed by atoms with van der Waals surface area (Å²) in [4.78, 5) is 61.3. The van der Waals surface area contributed by atoms with Gasteiger partial charge in [-0.3, -0.25) is 29.1 Å². The first kappa shape index (κ1) is 21.6. The number of carbonyl (C=O) groups is 4. The Balaban J connectivity index is 1.38. The number of aromatic nitrogens is 2. The summed E-state index contributed by atoms with van der Waals surface area (Å²) in [6.45, 7) is 5.19. The van der Waals surface area contributed by atoms with Crippen LogP contribution in [0.25, 0.3) is 0 Å². The van der Waals surface area contributed by atoms with Crippen LogP contribution >= 0.6 is 0 Å². The summed E-state index contributed by atoms with van der Waals surface area (Å²) in [5.41, 5.74) is 1.28. The largest absolute Gasteiger partial charge is 0.348 e. The summed E-state index contributed by atoms with van der Waals surface area (Å²) >= 11 is 0. The van der Waals surface area contributed by atoms with Gasteiger partial charge in [0.05, 0.1) is 17.3 Å². The molecule has 1 fully saturated rings. The van der Waals surface area contributed by atoms with Crippen LogP contribution in [0.1, 0.15) is 68.3 Å². The molecule has 1 aromatic heterocycles. The molecule has 2 aromatic rings. The highest BCUT2D eigenvalue weighted by atomic mass is 16.2. The molecule has 1 saturated heterocycles. The minimum atomic E-state index is -0.348. The maximum atomic E-state index is 13.0. The predicted octanol–water partition coefficient (Wildman–Crippen LogP) is 1.76. The molecule has 0 saturated carbocycles. The second-order valence-electron chi connectivity index (χ2n) is 8.51. The maximum absolute atomic E-state index is 13.0. The number of hydrogen-bond acceptors (Lipinski definition) is 6. The number of hydrogen-bond donors (Lipinski definition) is 1. The van der Waals surface area contributed by atoms with Crippen LogP contribution in [0.2, 0.25) is 0 Å². The summed E-state index contributed by atoms with van der Waals surface area (Å²) in [6, 6.07) is 4.64. The van der Waals surface area contributed by atoms with E-state index in [2.05, 4.69) is 15.3 Å². The minimum Gasteiger partial charge on any atom is -0.348 e. The van der Waals surface area contributed by atoms with Gasteiger partial charge in [0.25, 0.3) is 23.6 Å². The van der Waals surface area contributed by atoms with Crippen LogP contribution in [-0.4, -0.2) is 69.1 Å². The smallest absolute Gasteiger partial charge is 0.271 e. The van der Waals surface area contributed by atoms with E-state index in [1.54, 1.807) is 17.0 Å². The first-order valence-electron chi connectivity index (χ1n) is 10.7. The van der Waals surface area contributed by atoms with Crippen LogP contribution in [-0.2, 0) is 0 Å². The van der Waals surface area contributed by atoms with E-state index in [4.69, 9.17) is 0 Å². The second-order valence-corrected chi connectivity index (χ2v) is 8.51. The zero-order valence-corrected chi connectivity index (χ0v) is 18.1. The van der Waals surface area contributed by atoms with Crippen LogP contribution < -0.4 is 5.32 Å². The average Bonchev–Trinajstić information content (AvgIpc) is 3.03. The molecule has 0 spiro atoms. The molecule has 0 unspecified atom stereocenters. The van der Waals surface area contributed by atoms with Gasteiger partial charge >= 0.3 is 0 Å². The van der Waals surface area contributed by atoms with E-state index < -0.39 is 0 Å². The normalized spacial score (nSPS) is 16.5. The number of fused-ring (bicyclic) bond motifs is 1. The molecule has 0 atom stereocenters. The van der Waals surface area contributed by atoms with E-state index in [1.807, 2.05) is 13.8 Å². The first-order chi connectivity index (χ1) is 15.3. The van der Waals surface area contributed by atoms with Crippen LogP contribution in [0.3, 0.4) is 0 Å². The zero-order chi connectivity index (χ0) is 22.8. The van der Waals surface area contributed by atoms with Crippen LogP contribution in [0.15, 0.2) is 36.8 Å². The molecule has 4 rings (SSSR count). The Morgan fingerprint density at radius 1 is 1.09 bits per heavy atom. The lowest BCUT2D eigenvalue weighted by Gasteiger charge is -2.32. The van der Waals surface area contributed by atoms with Gasteiger partial charge in [-0.2, -0.15) is 0 Å². The molecule has 3 heterocycles. The van der Waals surface area contributed by atoms with E-state index in [1.165, 1.54) is 29.6 Å². The number of nitrogens with one attached hydrogen (secondary N) is 1. The van der Waals surface area contributed by atoms with E-state index in [9.17, 15) is 19.2 Å². The highest BCUT2D eigenvalue weighted by Gasteiger charge is 2.36. The van der Waals surface area contributed by atoms with Crippen molar-refractivity contribution in [3.8, 4) is 0 Å².